The quantitative estimate of drug-likeness (QED) is 0.850. The molecule has 1 fully saturated rings. The van der Waals surface area contributed by atoms with Crippen molar-refractivity contribution in [2.45, 2.75) is 26.3 Å². The van der Waals surface area contributed by atoms with Gasteiger partial charge in [0.1, 0.15) is 0 Å². The number of nitrogens with zero attached hydrogens (tertiary/aromatic N) is 4. The predicted octanol–water partition coefficient (Wildman–Crippen LogP) is 2.89. The molecule has 2 aromatic heterocycles. The van der Waals surface area contributed by atoms with E-state index in [2.05, 4.69) is 33.8 Å². The molecule has 3 rings (SSSR count). The average Bonchev–Trinajstić information content (AvgIpc) is 3.19. The molecule has 5 nitrogen and oxygen atoms in total. The standard InChI is InChI=1S/C15H22N4OS/c1-3-6-18-7-9-19(10-8-18)12(2)14-16-17-15(20-14)13-5-4-11-21-13/h4-5,11-12H,3,6-10H2,1-2H3/t12-/m0/s1. The lowest BCUT2D eigenvalue weighted by atomic mass is 10.2. The average molecular weight is 306 g/mol. The molecule has 6 heteroatoms. The second-order valence-corrected chi connectivity index (χ2v) is 6.42. The molecule has 2 aromatic rings. The molecule has 1 saturated heterocycles. The van der Waals surface area contributed by atoms with Crippen LogP contribution in [0.4, 0.5) is 0 Å². The first-order valence-corrected chi connectivity index (χ1v) is 8.49. The lowest BCUT2D eigenvalue weighted by Gasteiger charge is -2.36. The number of rotatable bonds is 5. The van der Waals surface area contributed by atoms with E-state index in [1.165, 1.54) is 13.0 Å². The van der Waals surface area contributed by atoms with Crippen LogP contribution in [0.5, 0.6) is 0 Å². The minimum atomic E-state index is 0.190. The third kappa shape index (κ3) is 3.33. The van der Waals surface area contributed by atoms with Crippen molar-refractivity contribution in [3.8, 4) is 10.8 Å². The fourth-order valence-corrected chi connectivity index (χ4v) is 3.39. The zero-order valence-electron chi connectivity index (χ0n) is 12.7. The van der Waals surface area contributed by atoms with E-state index in [0.717, 1.165) is 36.9 Å². The summed E-state index contributed by atoms with van der Waals surface area (Å²) in [6, 6.07) is 4.20. The highest BCUT2D eigenvalue weighted by Gasteiger charge is 2.25. The number of hydrogen-bond acceptors (Lipinski definition) is 6. The van der Waals surface area contributed by atoms with Crippen molar-refractivity contribution in [1.29, 1.82) is 0 Å². The summed E-state index contributed by atoms with van der Waals surface area (Å²) in [6.45, 7) is 9.98. The molecule has 0 unspecified atom stereocenters. The van der Waals surface area contributed by atoms with Crippen LogP contribution in [0.1, 0.15) is 32.2 Å². The second kappa shape index (κ2) is 6.68. The van der Waals surface area contributed by atoms with Crippen LogP contribution < -0.4 is 0 Å². The van der Waals surface area contributed by atoms with Crippen LogP contribution in [0.25, 0.3) is 10.8 Å². The second-order valence-electron chi connectivity index (χ2n) is 5.48. The molecule has 0 spiro atoms. The molecule has 0 aliphatic carbocycles. The Kier molecular flexibility index (Phi) is 4.67. The Morgan fingerprint density at radius 1 is 1.29 bits per heavy atom. The Labute approximate surface area is 129 Å². The molecule has 1 atom stereocenters. The minimum absolute atomic E-state index is 0.190. The summed E-state index contributed by atoms with van der Waals surface area (Å²) < 4.78 is 5.85. The summed E-state index contributed by atoms with van der Waals surface area (Å²) in [5, 5.41) is 10.4. The highest BCUT2D eigenvalue weighted by molar-refractivity contribution is 7.13. The van der Waals surface area contributed by atoms with Crippen LogP contribution in [0.15, 0.2) is 21.9 Å². The van der Waals surface area contributed by atoms with Crippen molar-refractivity contribution >= 4 is 11.3 Å². The Hall–Kier alpha value is -1.24. The summed E-state index contributed by atoms with van der Waals surface area (Å²) in [6.07, 6.45) is 1.23. The first-order chi connectivity index (χ1) is 10.3. The minimum Gasteiger partial charge on any atom is -0.418 e. The zero-order valence-corrected chi connectivity index (χ0v) is 13.5. The largest absolute Gasteiger partial charge is 0.418 e. The van der Waals surface area contributed by atoms with Gasteiger partial charge < -0.3 is 9.32 Å². The maximum atomic E-state index is 5.85. The molecular formula is C15H22N4OS. The van der Waals surface area contributed by atoms with Gasteiger partial charge >= 0.3 is 0 Å². The summed E-state index contributed by atoms with van der Waals surface area (Å²) in [7, 11) is 0. The lowest BCUT2D eigenvalue weighted by Crippen LogP contribution is -2.47. The first-order valence-electron chi connectivity index (χ1n) is 7.61. The van der Waals surface area contributed by atoms with Crippen LogP contribution in [-0.2, 0) is 0 Å². The zero-order chi connectivity index (χ0) is 14.7. The summed E-state index contributed by atoms with van der Waals surface area (Å²) >= 11 is 1.63. The topological polar surface area (TPSA) is 45.4 Å². The van der Waals surface area contributed by atoms with Gasteiger partial charge in [0.15, 0.2) is 0 Å². The molecule has 0 N–H and O–H groups in total. The molecule has 0 amide bonds. The van der Waals surface area contributed by atoms with Gasteiger partial charge in [-0.2, -0.15) is 0 Å². The third-order valence-corrected chi connectivity index (χ3v) is 4.88. The fraction of sp³-hybridized carbons (Fsp3) is 0.600. The van der Waals surface area contributed by atoms with Gasteiger partial charge in [-0.15, -0.1) is 21.5 Å². The summed E-state index contributed by atoms with van der Waals surface area (Å²) in [5.74, 6) is 1.36. The highest BCUT2D eigenvalue weighted by Crippen LogP contribution is 2.27. The fourth-order valence-electron chi connectivity index (χ4n) is 2.75. The first kappa shape index (κ1) is 14.7. The molecule has 1 aliphatic heterocycles. The van der Waals surface area contributed by atoms with Gasteiger partial charge in [0.2, 0.25) is 5.89 Å². The maximum absolute atomic E-state index is 5.85. The van der Waals surface area contributed by atoms with Crippen molar-refractivity contribution in [3.05, 3.63) is 23.4 Å². The van der Waals surface area contributed by atoms with Gasteiger partial charge in [-0.05, 0) is 31.3 Å². The predicted molar refractivity (Wildman–Crippen MR) is 84.3 cm³/mol. The molecule has 0 radical (unpaired) electrons. The molecule has 0 saturated carbocycles. The SMILES string of the molecule is CCCN1CCN([C@@H](C)c2nnc(-c3cccs3)o2)CC1. The number of piperazine rings is 1. The summed E-state index contributed by atoms with van der Waals surface area (Å²) in [5.41, 5.74) is 0. The van der Waals surface area contributed by atoms with E-state index in [0.29, 0.717) is 5.89 Å². The van der Waals surface area contributed by atoms with E-state index in [9.17, 15) is 0 Å². The Balaban J connectivity index is 1.62. The third-order valence-electron chi connectivity index (χ3n) is 4.02. The molecule has 114 valence electrons. The van der Waals surface area contributed by atoms with E-state index in [1.54, 1.807) is 11.3 Å². The Bertz CT molecular complexity index is 546. The monoisotopic (exact) mass is 306 g/mol. The van der Waals surface area contributed by atoms with E-state index in [1.807, 2.05) is 17.5 Å². The Morgan fingerprint density at radius 2 is 2.10 bits per heavy atom. The van der Waals surface area contributed by atoms with Crippen LogP contribution in [-0.4, -0.2) is 52.7 Å². The van der Waals surface area contributed by atoms with Crippen molar-refractivity contribution in [2.24, 2.45) is 0 Å². The molecule has 0 bridgehead atoms. The van der Waals surface area contributed by atoms with Gasteiger partial charge in [0.05, 0.1) is 10.9 Å². The van der Waals surface area contributed by atoms with Gasteiger partial charge in [0.25, 0.3) is 5.89 Å². The molecule has 21 heavy (non-hydrogen) atoms. The van der Waals surface area contributed by atoms with Gasteiger partial charge in [-0.3, -0.25) is 4.90 Å². The van der Waals surface area contributed by atoms with Crippen LogP contribution in [0, 0.1) is 0 Å². The van der Waals surface area contributed by atoms with Crippen LogP contribution >= 0.6 is 11.3 Å². The lowest BCUT2D eigenvalue weighted by molar-refractivity contribution is 0.0917. The van der Waals surface area contributed by atoms with E-state index >= 15 is 0 Å². The van der Waals surface area contributed by atoms with E-state index in [4.69, 9.17) is 4.42 Å². The maximum Gasteiger partial charge on any atom is 0.257 e. The van der Waals surface area contributed by atoms with Crippen molar-refractivity contribution < 1.29 is 4.42 Å². The van der Waals surface area contributed by atoms with Crippen molar-refractivity contribution in [1.82, 2.24) is 20.0 Å². The number of hydrogen-bond donors (Lipinski definition) is 0. The highest BCUT2D eigenvalue weighted by atomic mass is 32.1. The number of aromatic nitrogens is 2. The van der Waals surface area contributed by atoms with Crippen LogP contribution in [0.3, 0.4) is 0 Å². The Morgan fingerprint density at radius 3 is 2.76 bits per heavy atom. The molecular weight excluding hydrogens is 284 g/mol. The molecule has 3 heterocycles. The van der Waals surface area contributed by atoms with Gasteiger partial charge in [0, 0.05) is 26.2 Å². The molecule has 1 aliphatic rings. The number of thiophene rings is 1. The smallest absolute Gasteiger partial charge is 0.257 e. The van der Waals surface area contributed by atoms with Gasteiger partial charge in [-0.1, -0.05) is 13.0 Å². The van der Waals surface area contributed by atoms with Gasteiger partial charge in [-0.25, -0.2) is 0 Å². The van der Waals surface area contributed by atoms with E-state index < -0.39 is 0 Å². The summed E-state index contributed by atoms with van der Waals surface area (Å²) in [4.78, 5) is 5.99. The molecule has 0 aromatic carbocycles. The van der Waals surface area contributed by atoms with Crippen molar-refractivity contribution in [2.75, 3.05) is 32.7 Å². The normalized spacial score (nSPS) is 19.0. The van der Waals surface area contributed by atoms with Crippen molar-refractivity contribution in [3.63, 3.8) is 0 Å². The van der Waals surface area contributed by atoms with Crippen LogP contribution in [0.2, 0.25) is 0 Å². The van der Waals surface area contributed by atoms with E-state index in [-0.39, 0.29) is 6.04 Å².